The molecule has 0 aromatic heterocycles. The molecule has 0 saturated carbocycles. The molecule has 0 saturated heterocycles. The van der Waals surface area contributed by atoms with E-state index in [9.17, 15) is 9.59 Å². The van der Waals surface area contributed by atoms with E-state index in [0.717, 1.165) is 10.0 Å². The molecule has 0 bridgehead atoms. The Morgan fingerprint density at radius 1 is 1.08 bits per heavy atom. The second-order valence-electron chi connectivity index (χ2n) is 6.36. The van der Waals surface area contributed by atoms with Crippen molar-refractivity contribution in [3.8, 4) is 5.75 Å². The SMILES string of the molecule is Cc1ccc(OC(C)C(=O)Nc2ccccc2C(=O)NC(C)C)c(Br)c1. The highest BCUT2D eigenvalue weighted by Crippen LogP contribution is 2.27. The lowest BCUT2D eigenvalue weighted by molar-refractivity contribution is -0.122. The van der Waals surface area contributed by atoms with Gasteiger partial charge in [0, 0.05) is 6.04 Å². The summed E-state index contributed by atoms with van der Waals surface area (Å²) in [6.45, 7) is 7.41. The molecule has 2 N–H and O–H groups in total. The molecular weight excluding hydrogens is 396 g/mol. The van der Waals surface area contributed by atoms with Crippen LogP contribution in [0.1, 0.15) is 36.7 Å². The summed E-state index contributed by atoms with van der Waals surface area (Å²) in [7, 11) is 0. The summed E-state index contributed by atoms with van der Waals surface area (Å²) in [6, 6.07) is 12.6. The van der Waals surface area contributed by atoms with Gasteiger partial charge in [-0.2, -0.15) is 0 Å². The fraction of sp³-hybridized carbons (Fsp3) is 0.300. The molecule has 2 rings (SSSR count). The summed E-state index contributed by atoms with van der Waals surface area (Å²) < 4.78 is 6.53. The Hall–Kier alpha value is -2.34. The number of amides is 2. The highest BCUT2D eigenvalue weighted by molar-refractivity contribution is 9.10. The maximum atomic E-state index is 12.5. The molecule has 0 heterocycles. The molecule has 0 aliphatic rings. The number of halogens is 1. The molecule has 2 aromatic carbocycles. The van der Waals surface area contributed by atoms with Crippen LogP contribution < -0.4 is 15.4 Å². The van der Waals surface area contributed by atoms with E-state index in [4.69, 9.17) is 4.74 Å². The lowest BCUT2D eigenvalue weighted by atomic mass is 10.1. The van der Waals surface area contributed by atoms with Crippen molar-refractivity contribution in [2.75, 3.05) is 5.32 Å². The second-order valence-corrected chi connectivity index (χ2v) is 7.21. The van der Waals surface area contributed by atoms with E-state index in [-0.39, 0.29) is 17.9 Å². The van der Waals surface area contributed by atoms with Crippen LogP contribution in [0.2, 0.25) is 0 Å². The van der Waals surface area contributed by atoms with Crippen LogP contribution in [-0.4, -0.2) is 24.0 Å². The van der Waals surface area contributed by atoms with Crippen molar-refractivity contribution in [1.82, 2.24) is 5.32 Å². The Morgan fingerprint density at radius 3 is 2.42 bits per heavy atom. The molecule has 138 valence electrons. The van der Waals surface area contributed by atoms with Gasteiger partial charge in [0.05, 0.1) is 15.7 Å². The number of anilines is 1. The number of hydrogen-bond acceptors (Lipinski definition) is 3. The highest BCUT2D eigenvalue weighted by atomic mass is 79.9. The molecule has 6 heteroatoms. The van der Waals surface area contributed by atoms with Crippen LogP contribution in [0.15, 0.2) is 46.9 Å². The topological polar surface area (TPSA) is 67.4 Å². The van der Waals surface area contributed by atoms with Crippen LogP contribution in [0.4, 0.5) is 5.69 Å². The maximum Gasteiger partial charge on any atom is 0.265 e. The van der Waals surface area contributed by atoms with Gasteiger partial charge in [-0.3, -0.25) is 9.59 Å². The first-order valence-electron chi connectivity index (χ1n) is 8.41. The number of benzene rings is 2. The number of aryl methyl sites for hydroxylation is 1. The van der Waals surface area contributed by atoms with Crippen LogP contribution >= 0.6 is 15.9 Å². The number of para-hydroxylation sites is 1. The van der Waals surface area contributed by atoms with Gasteiger partial charge in [-0.15, -0.1) is 0 Å². The van der Waals surface area contributed by atoms with Crippen molar-refractivity contribution in [3.63, 3.8) is 0 Å². The second kappa shape index (κ2) is 8.85. The minimum atomic E-state index is -0.727. The summed E-state index contributed by atoms with van der Waals surface area (Å²) in [5.41, 5.74) is 1.96. The van der Waals surface area contributed by atoms with Gasteiger partial charge in [0.2, 0.25) is 0 Å². The Bertz CT molecular complexity index is 805. The molecule has 0 aliphatic carbocycles. The summed E-state index contributed by atoms with van der Waals surface area (Å²) in [4.78, 5) is 24.8. The Kier molecular flexibility index (Phi) is 6.80. The molecule has 2 amide bonds. The van der Waals surface area contributed by atoms with E-state index >= 15 is 0 Å². The fourth-order valence-corrected chi connectivity index (χ4v) is 2.90. The van der Waals surface area contributed by atoms with Gasteiger partial charge in [-0.05, 0) is 73.5 Å². The van der Waals surface area contributed by atoms with Gasteiger partial charge in [-0.25, -0.2) is 0 Å². The average molecular weight is 419 g/mol. The van der Waals surface area contributed by atoms with E-state index in [0.29, 0.717) is 17.0 Å². The van der Waals surface area contributed by atoms with E-state index in [1.807, 2.05) is 39.0 Å². The van der Waals surface area contributed by atoms with Crippen molar-refractivity contribution in [2.45, 2.75) is 39.8 Å². The lowest BCUT2D eigenvalue weighted by Crippen LogP contribution is -2.33. The third-order valence-corrected chi connectivity index (χ3v) is 4.23. The molecule has 26 heavy (non-hydrogen) atoms. The van der Waals surface area contributed by atoms with Crippen LogP contribution in [0.3, 0.4) is 0 Å². The molecule has 1 unspecified atom stereocenters. The smallest absolute Gasteiger partial charge is 0.265 e. The third kappa shape index (κ3) is 5.33. The standard InChI is InChI=1S/C20H23BrN2O3/c1-12(2)22-20(25)15-7-5-6-8-17(15)23-19(24)14(4)26-18-10-9-13(3)11-16(18)21/h5-12,14H,1-4H3,(H,22,25)(H,23,24). The van der Waals surface area contributed by atoms with Gasteiger partial charge in [0.25, 0.3) is 11.8 Å². The van der Waals surface area contributed by atoms with Gasteiger partial charge >= 0.3 is 0 Å². The van der Waals surface area contributed by atoms with Gasteiger partial charge < -0.3 is 15.4 Å². The van der Waals surface area contributed by atoms with E-state index in [1.165, 1.54) is 0 Å². The largest absolute Gasteiger partial charge is 0.480 e. The minimum absolute atomic E-state index is 0.00685. The summed E-state index contributed by atoms with van der Waals surface area (Å²) in [5.74, 6) is 0.0251. The molecule has 5 nitrogen and oxygen atoms in total. The molecule has 0 aliphatic heterocycles. The fourth-order valence-electron chi connectivity index (χ4n) is 2.31. The van der Waals surface area contributed by atoms with Crippen molar-refractivity contribution in [1.29, 1.82) is 0 Å². The van der Waals surface area contributed by atoms with Crippen LogP contribution in [0.5, 0.6) is 5.75 Å². The zero-order chi connectivity index (χ0) is 19.3. The molecular formula is C20H23BrN2O3. The number of nitrogens with one attached hydrogen (secondary N) is 2. The van der Waals surface area contributed by atoms with Crippen LogP contribution in [-0.2, 0) is 4.79 Å². The zero-order valence-electron chi connectivity index (χ0n) is 15.3. The third-order valence-electron chi connectivity index (χ3n) is 3.61. The van der Waals surface area contributed by atoms with E-state index in [2.05, 4.69) is 26.6 Å². The maximum absolute atomic E-state index is 12.5. The molecule has 0 radical (unpaired) electrons. The minimum Gasteiger partial charge on any atom is -0.480 e. The molecule has 0 spiro atoms. The van der Waals surface area contributed by atoms with E-state index < -0.39 is 6.10 Å². The number of carbonyl (C=O) groups excluding carboxylic acids is 2. The first kappa shape index (κ1) is 20.0. The summed E-state index contributed by atoms with van der Waals surface area (Å²) in [5, 5.41) is 5.60. The van der Waals surface area contributed by atoms with Crippen LogP contribution in [0, 0.1) is 6.92 Å². The van der Waals surface area contributed by atoms with Gasteiger partial charge in [0.1, 0.15) is 5.75 Å². The van der Waals surface area contributed by atoms with Crippen molar-refractivity contribution in [2.24, 2.45) is 0 Å². The number of rotatable bonds is 6. The van der Waals surface area contributed by atoms with Crippen LogP contribution in [0.25, 0.3) is 0 Å². The van der Waals surface area contributed by atoms with E-state index in [1.54, 1.807) is 31.2 Å². The van der Waals surface area contributed by atoms with Crippen molar-refractivity contribution in [3.05, 3.63) is 58.1 Å². The number of ether oxygens (including phenoxy) is 1. The molecule has 2 aromatic rings. The quantitative estimate of drug-likeness (QED) is 0.734. The molecule has 0 fully saturated rings. The van der Waals surface area contributed by atoms with Crippen molar-refractivity contribution >= 4 is 33.4 Å². The Balaban J connectivity index is 2.10. The predicted molar refractivity (Wildman–Crippen MR) is 107 cm³/mol. The summed E-state index contributed by atoms with van der Waals surface area (Å²) >= 11 is 3.44. The molecule has 1 atom stereocenters. The Morgan fingerprint density at radius 2 is 1.77 bits per heavy atom. The number of carbonyl (C=O) groups is 2. The first-order chi connectivity index (χ1) is 12.3. The Labute approximate surface area is 162 Å². The predicted octanol–water partition coefficient (Wildman–Crippen LogP) is 4.30. The normalized spacial score (nSPS) is 11.8. The number of hydrogen-bond donors (Lipinski definition) is 2. The monoisotopic (exact) mass is 418 g/mol. The van der Waals surface area contributed by atoms with Gasteiger partial charge in [0.15, 0.2) is 6.10 Å². The van der Waals surface area contributed by atoms with Gasteiger partial charge in [-0.1, -0.05) is 18.2 Å². The highest BCUT2D eigenvalue weighted by Gasteiger charge is 2.19. The van der Waals surface area contributed by atoms with Crippen molar-refractivity contribution < 1.29 is 14.3 Å². The first-order valence-corrected chi connectivity index (χ1v) is 9.20. The summed E-state index contributed by atoms with van der Waals surface area (Å²) in [6.07, 6.45) is -0.727. The zero-order valence-corrected chi connectivity index (χ0v) is 16.9. The lowest BCUT2D eigenvalue weighted by Gasteiger charge is -2.18. The average Bonchev–Trinajstić information content (AvgIpc) is 2.57.